The van der Waals surface area contributed by atoms with Crippen molar-refractivity contribution < 1.29 is 32.6 Å². The first-order valence-electron chi connectivity index (χ1n) is 22.9. The topological polar surface area (TPSA) is 134 Å². The van der Waals surface area contributed by atoms with Gasteiger partial charge in [0, 0.05) is 92.9 Å². The molecule has 1 unspecified atom stereocenters. The average molecular weight is 889 g/mol. The highest BCUT2D eigenvalue weighted by Gasteiger charge is 2.50. The van der Waals surface area contributed by atoms with E-state index in [0.29, 0.717) is 43.2 Å². The molecular formula is C47H62F2N8O5S. The fourth-order valence-electron chi connectivity index (χ4n) is 10.2. The lowest BCUT2D eigenvalue weighted by atomic mass is 9.84. The second kappa shape index (κ2) is 17.8. The molecular weight excluding hydrogens is 827 g/mol. The molecule has 2 saturated carbocycles. The normalized spacial score (nSPS) is 28.5. The highest BCUT2D eigenvalue weighted by atomic mass is 32.2. The highest BCUT2D eigenvalue weighted by Crippen LogP contribution is 2.45. The smallest absolute Gasteiger partial charge is 0.259 e. The van der Waals surface area contributed by atoms with Gasteiger partial charge >= 0.3 is 0 Å². The zero-order chi connectivity index (χ0) is 44.2. The third-order valence-electron chi connectivity index (χ3n) is 14.1. The van der Waals surface area contributed by atoms with E-state index in [1.165, 1.54) is 23.4 Å². The Hall–Kier alpha value is -3.96. The van der Waals surface area contributed by atoms with Gasteiger partial charge < -0.3 is 29.1 Å². The minimum Gasteiger partial charge on any atom is -0.378 e. The molecule has 16 heteroatoms. The van der Waals surface area contributed by atoms with Gasteiger partial charge in [-0.2, -0.15) is 0 Å². The van der Waals surface area contributed by atoms with Crippen molar-refractivity contribution in [2.24, 2.45) is 22.2 Å². The molecule has 6 bridgehead atoms. The Labute approximate surface area is 373 Å². The molecule has 4 aliphatic heterocycles. The molecule has 1 aromatic carbocycles. The fourth-order valence-corrected chi connectivity index (χ4v) is 11.3. The summed E-state index contributed by atoms with van der Waals surface area (Å²) in [6.07, 6.45) is 4.43. The predicted octanol–water partition coefficient (Wildman–Crippen LogP) is 6.34. The first kappa shape index (κ1) is 44.3. The summed E-state index contributed by atoms with van der Waals surface area (Å²) in [7, 11) is 1.73. The van der Waals surface area contributed by atoms with Crippen molar-refractivity contribution >= 4 is 51.5 Å². The van der Waals surface area contributed by atoms with Gasteiger partial charge in [0.2, 0.25) is 12.3 Å². The molecule has 2 amide bonds. The summed E-state index contributed by atoms with van der Waals surface area (Å²) in [6, 6.07) is 8.43. The predicted molar refractivity (Wildman–Crippen MR) is 241 cm³/mol. The number of fused-ring (bicyclic) bond motifs is 5. The second-order valence-corrected chi connectivity index (χ2v) is 20.5. The number of aldehydes is 1. The van der Waals surface area contributed by atoms with Gasteiger partial charge in [-0.15, -0.1) is 11.8 Å². The van der Waals surface area contributed by atoms with E-state index < -0.39 is 47.1 Å². The molecule has 0 spiro atoms. The number of nitrogens with one attached hydrogen (secondary N) is 2. The minimum absolute atomic E-state index is 0.0340. The Bertz CT molecular complexity index is 2260. The van der Waals surface area contributed by atoms with Gasteiger partial charge in [0.05, 0.1) is 53.7 Å². The van der Waals surface area contributed by atoms with Crippen LogP contribution in [0.4, 0.5) is 14.5 Å². The summed E-state index contributed by atoms with van der Waals surface area (Å²) in [5.41, 5.74) is 9.08. The zero-order valence-electron chi connectivity index (χ0n) is 37.2. The van der Waals surface area contributed by atoms with Gasteiger partial charge in [0.15, 0.2) is 0 Å². The molecule has 9 rings (SSSR count). The van der Waals surface area contributed by atoms with E-state index in [9.17, 15) is 23.2 Å². The number of aromatic nitrogens is 2. The number of methoxy groups -OCH3 is 1. The van der Waals surface area contributed by atoms with Crippen LogP contribution in [-0.4, -0.2) is 125 Å². The van der Waals surface area contributed by atoms with Crippen LogP contribution in [0.3, 0.4) is 0 Å². The number of pyridine rings is 1. The van der Waals surface area contributed by atoms with Crippen molar-refractivity contribution in [3.8, 4) is 11.3 Å². The van der Waals surface area contributed by atoms with Crippen LogP contribution in [0.1, 0.15) is 95.2 Å². The number of alkyl halides is 2. The molecule has 63 heavy (non-hydrogen) atoms. The molecule has 2 saturated heterocycles. The van der Waals surface area contributed by atoms with Crippen molar-refractivity contribution in [2.45, 2.75) is 115 Å². The maximum Gasteiger partial charge on any atom is 0.259 e. The number of aliphatic imine (C=N–C) groups is 1. The average Bonchev–Trinajstić information content (AvgIpc) is 4.22. The van der Waals surface area contributed by atoms with Gasteiger partial charge in [0.1, 0.15) is 17.9 Å². The summed E-state index contributed by atoms with van der Waals surface area (Å²) in [4.78, 5) is 56.0. The number of ether oxygens (including phenoxy) is 2. The van der Waals surface area contributed by atoms with Crippen LogP contribution < -0.4 is 15.6 Å². The third kappa shape index (κ3) is 9.03. The van der Waals surface area contributed by atoms with Crippen LogP contribution in [0.5, 0.6) is 0 Å². The van der Waals surface area contributed by atoms with Crippen LogP contribution in [0, 0.1) is 17.3 Å². The van der Waals surface area contributed by atoms with E-state index in [-0.39, 0.29) is 31.6 Å². The van der Waals surface area contributed by atoms with Crippen molar-refractivity contribution in [1.29, 1.82) is 0 Å². The van der Waals surface area contributed by atoms with Crippen LogP contribution >= 0.6 is 11.8 Å². The first-order valence-corrected chi connectivity index (χ1v) is 23.9. The number of hydrogen-bond donors (Lipinski definition) is 2. The summed E-state index contributed by atoms with van der Waals surface area (Å²) < 4.78 is 41.9. The monoisotopic (exact) mass is 888 g/mol. The van der Waals surface area contributed by atoms with Gasteiger partial charge in [-0.3, -0.25) is 29.5 Å². The quantitative estimate of drug-likeness (QED) is 0.222. The summed E-state index contributed by atoms with van der Waals surface area (Å²) in [6.45, 7) is 14.0. The van der Waals surface area contributed by atoms with Crippen LogP contribution in [0.15, 0.2) is 35.5 Å². The number of hydrogen-bond acceptors (Lipinski definition) is 11. The lowest BCUT2D eigenvalue weighted by molar-refractivity contribution is -0.147. The number of rotatable bonds is 10. The Morgan fingerprint density at radius 2 is 1.94 bits per heavy atom. The number of nitrogens with zero attached hydrogens (tertiary/aromatic N) is 6. The molecule has 340 valence electrons. The number of aryl methyl sites for hydroxylation is 1. The minimum atomic E-state index is -2.60. The Morgan fingerprint density at radius 3 is 2.63 bits per heavy atom. The number of amides is 2. The van der Waals surface area contributed by atoms with Crippen LogP contribution in [0.25, 0.3) is 22.2 Å². The van der Waals surface area contributed by atoms with Gasteiger partial charge in [-0.25, -0.2) is 14.2 Å². The zero-order valence-corrected chi connectivity index (χ0v) is 38.0. The van der Waals surface area contributed by atoms with Crippen molar-refractivity contribution in [3.63, 3.8) is 0 Å². The van der Waals surface area contributed by atoms with E-state index in [4.69, 9.17) is 19.5 Å². The molecule has 2 aromatic heterocycles. The largest absolute Gasteiger partial charge is 0.378 e. The maximum absolute atomic E-state index is 14.3. The molecule has 6 aliphatic rings. The Kier molecular flexibility index (Phi) is 12.5. The molecule has 13 nitrogen and oxygen atoms in total. The lowest BCUT2D eigenvalue weighted by Crippen LogP contribution is -2.66. The molecule has 6 atom stereocenters. The molecule has 6 heterocycles. The summed E-state index contributed by atoms with van der Waals surface area (Å²) in [5.74, 6) is -2.19. The Morgan fingerprint density at radius 1 is 1.14 bits per heavy atom. The van der Waals surface area contributed by atoms with Crippen molar-refractivity contribution in [1.82, 2.24) is 30.2 Å². The number of hydrazine groups is 1. The number of carbonyl (C=O) groups excluding carboxylic acids is 3. The maximum atomic E-state index is 14.3. The molecule has 4 fully saturated rings. The van der Waals surface area contributed by atoms with E-state index in [2.05, 4.69) is 77.1 Å². The SMILES string of the molecule is CCn1c(-c2cc(N3CCN(C4CC4)CC3)cnc2[C@H](C)OC)c2c3cc(ccc31)C1CSC(=N1)C[C@H](NC(=O)[C@@H]1C[C@H]1C(F)F)C(=O)N1CCC[C@](C=O)(COCC(C)(C)C2)N1. The molecule has 2 aliphatic carbocycles. The fraction of sp³-hybridized carbons (Fsp3) is 0.638. The number of carbonyl (C=O) groups is 3. The first-order chi connectivity index (χ1) is 30.3. The standard InChI is InChI=1S/C47H62F2N8O5S/c1-6-56-39-11-8-29-18-32(39)36(42(56)35-19-31(23-50-41(35)28(2)61-5)55-16-14-54(15-17-55)30-9-10-30)22-46(3,4)26-62-27-47(25-58)12-7-13-57(53-47)45(60)37(21-40-51-38(29)24-63-40)52-44(59)34-20-33(34)43(48)49/h8,11,18-19,23,25,28,30,33-34,37-38,43,53H,6-7,9-10,12-17,20-22,24,26-27H2,1-5H3,(H,52,59)/t28-,33+,34+,37-,38?,47-/m0/s1. The summed E-state index contributed by atoms with van der Waals surface area (Å²) >= 11 is 1.55. The molecule has 0 radical (unpaired) electrons. The van der Waals surface area contributed by atoms with E-state index >= 15 is 0 Å². The van der Waals surface area contributed by atoms with Crippen molar-refractivity contribution in [3.05, 3.63) is 47.3 Å². The number of halogens is 2. The second-order valence-electron chi connectivity index (χ2n) is 19.4. The van der Waals surface area contributed by atoms with E-state index in [0.717, 1.165) is 84.2 Å². The van der Waals surface area contributed by atoms with Gasteiger partial charge in [0.25, 0.3) is 5.91 Å². The lowest BCUT2D eigenvalue weighted by Gasteiger charge is -2.41. The van der Waals surface area contributed by atoms with Gasteiger partial charge in [-0.1, -0.05) is 19.9 Å². The third-order valence-corrected chi connectivity index (χ3v) is 15.2. The van der Waals surface area contributed by atoms with Crippen molar-refractivity contribution in [2.75, 3.05) is 63.7 Å². The van der Waals surface area contributed by atoms with Gasteiger partial charge in [-0.05, 0) is 87.1 Å². The van der Waals surface area contributed by atoms with E-state index in [1.54, 1.807) is 18.9 Å². The number of thioether (sulfide) groups is 1. The summed E-state index contributed by atoms with van der Waals surface area (Å²) in [5, 5.41) is 6.06. The Balaban J connectivity index is 1.13. The highest BCUT2D eigenvalue weighted by molar-refractivity contribution is 8.14. The molecule has 2 N–H and O–H groups in total. The molecule has 3 aromatic rings. The number of benzene rings is 1. The number of anilines is 1. The van der Waals surface area contributed by atoms with Crippen LogP contribution in [-0.2, 0) is 36.8 Å². The van der Waals surface area contributed by atoms with E-state index in [1.807, 2.05) is 6.20 Å². The van der Waals surface area contributed by atoms with Crippen LogP contribution in [0.2, 0.25) is 0 Å². The number of piperazine rings is 1.